The molecule has 0 atom stereocenters. The number of para-hydroxylation sites is 1. The molecule has 0 bridgehead atoms. The molecule has 1 heterocycles. The van der Waals surface area contributed by atoms with Gasteiger partial charge in [-0.1, -0.05) is 44.5 Å². The van der Waals surface area contributed by atoms with Gasteiger partial charge in [0.25, 0.3) is 0 Å². The van der Waals surface area contributed by atoms with Crippen LogP contribution < -0.4 is 10.1 Å². The first-order valence-corrected chi connectivity index (χ1v) is 10.2. The fourth-order valence-electron chi connectivity index (χ4n) is 3.32. The van der Waals surface area contributed by atoms with E-state index in [-0.39, 0.29) is 23.1 Å². The molecule has 1 N–H and O–H groups in total. The highest BCUT2D eigenvalue weighted by atomic mass is 35.5. The number of benzene rings is 2. The Kier molecular flexibility index (Phi) is 6.48. The van der Waals surface area contributed by atoms with Gasteiger partial charge in [-0.25, -0.2) is 0 Å². The predicted molar refractivity (Wildman–Crippen MR) is 115 cm³/mol. The van der Waals surface area contributed by atoms with Crippen molar-refractivity contribution >= 4 is 29.1 Å². The number of halogens is 1. The van der Waals surface area contributed by atoms with Crippen LogP contribution in [-0.2, 0) is 9.59 Å². The summed E-state index contributed by atoms with van der Waals surface area (Å²) < 4.78 is 5.76. The number of piperidine rings is 1. The van der Waals surface area contributed by atoms with Crippen LogP contribution in [0.4, 0.5) is 5.69 Å². The SMILES string of the molecule is CC(C)(C)C(=O)N1CCC(C(=O)Nc2ccc(Oc3ccccc3Cl)cc2)CC1. The van der Waals surface area contributed by atoms with E-state index in [2.05, 4.69) is 5.32 Å². The molecule has 2 aromatic carbocycles. The summed E-state index contributed by atoms with van der Waals surface area (Å²) in [6.07, 6.45) is 1.36. The van der Waals surface area contributed by atoms with Crippen LogP contribution in [0.2, 0.25) is 5.02 Å². The van der Waals surface area contributed by atoms with Crippen LogP contribution in [0.15, 0.2) is 48.5 Å². The van der Waals surface area contributed by atoms with E-state index in [4.69, 9.17) is 16.3 Å². The summed E-state index contributed by atoms with van der Waals surface area (Å²) in [6.45, 7) is 7.02. The number of nitrogens with zero attached hydrogens (tertiary/aromatic N) is 1. The van der Waals surface area contributed by atoms with Crippen molar-refractivity contribution in [1.29, 1.82) is 0 Å². The number of likely N-dealkylation sites (tertiary alicyclic amines) is 1. The van der Waals surface area contributed by atoms with Gasteiger partial charge in [-0.2, -0.15) is 0 Å². The van der Waals surface area contributed by atoms with Crippen molar-refractivity contribution in [1.82, 2.24) is 4.90 Å². The lowest BCUT2D eigenvalue weighted by Gasteiger charge is -2.35. The van der Waals surface area contributed by atoms with Crippen molar-refractivity contribution in [3.63, 3.8) is 0 Å². The molecule has 0 saturated carbocycles. The van der Waals surface area contributed by atoms with E-state index >= 15 is 0 Å². The lowest BCUT2D eigenvalue weighted by atomic mass is 9.90. The molecule has 154 valence electrons. The number of rotatable bonds is 4. The molecule has 0 aromatic heterocycles. The Morgan fingerprint density at radius 1 is 1.03 bits per heavy atom. The molecule has 1 aliphatic rings. The standard InChI is InChI=1S/C23H27ClN2O3/c1-23(2,3)22(28)26-14-12-16(13-15-26)21(27)25-17-8-10-18(11-9-17)29-20-7-5-4-6-19(20)24/h4-11,16H,12-15H2,1-3H3,(H,25,27). The number of hydrogen-bond acceptors (Lipinski definition) is 3. The lowest BCUT2D eigenvalue weighted by molar-refractivity contribution is -0.142. The number of nitrogens with one attached hydrogen (secondary N) is 1. The number of hydrogen-bond donors (Lipinski definition) is 1. The molecule has 29 heavy (non-hydrogen) atoms. The summed E-state index contributed by atoms with van der Waals surface area (Å²) in [6, 6.07) is 14.5. The third-order valence-electron chi connectivity index (χ3n) is 4.98. The number of anilines is 1. The second kappa shape index (κ2) is 8.87. The molecule has 2 amide bonds. The van der Waals surface area contributed by atoms with Crippen LogP contribution in [0.25, 0.3) is 0 Å². The maximum absolute atomic E-state index is 12.6. The Hall–Kier alpha value is -2.53. The predicted octanol–water partition coefficient (Wildman–Crippen LogP) is 5.36. The van der Waals surface area contributed by atoms with Gasteiger partial charge in [0.2, 0.25) is 11.8 Å². The van der Waals surface area contributed by atoms with Gasteiger partial charge in [0.15, 0.2) is 0 Å². The highest BCUT2D eigenvalue weighted by molar-refractivity contribution is 6.32. The van der Waals surface area contributed by atoms with Gasteiger partial charge < -0.3 is 15.0 Å². The minimum atomic E-state index is -0.386. The van der Waals surface area contributed by atoms with E-state index in [0.717, 1.165) is 5.69 Å². The molecular formula is C23H27ClN2O3. The van der Waals surface area contributed by atoms with Crippen molar-refractivity contribution in [3.8, 4) is 11.5 Å². The Balaban J connectivity index is 1.52. The molecule has 0 spiro atoms. The highest BCUT2D eigenvalue weighted by Crippen LogP contribution is 2.30. The van der Waals surface area contributed by atoms with E-state index in [9.17, 15) is 9.59 Å². The molecule has 0 radical (unpaired) electrons. The monoisotopic (exact) mass is 414 g/mol. The molecule has 0 aliphatic carbocycles. The molecule has 3 rings (SSSR count). The summed E-state index contributed by atoms with van der Waals surface area (Å²) in [7, 11) is 0. The summed E-state index contributed by atoms with van der Waals surface area (Å²) in [4.78, 5) is 26.8. The van der Waals surface area contributed by atoms with Gasteiger partial charge in [-0.3, -0.25) is 9.59 Å². The zero-order valence-corrected chi connectivity index (χ0v) is 17.8. The quantitative estimate of drug-likeness (QED) is 0.733. The van der Waals surface area contributed by atoms with Crippen LogP contribution in [0, 0.1) is 11.3 Å². The first kappa shape index (κ1) is 21.2. The number of ether oxygens (including phenoxy) is 1. The van der Waals surface area contributed by atoms with Gasteiger partial charge in [-0.05, 0) is 49.2 Å². The Bertz CT molecular complexity index is 866. The second-order valence-corrected chi connectivity index (χ2v) is 8.77. The fourth-order valence-corrected chi connectivity index (χ4v) is 3.50. The fraction of sp³-hybridized carbons (Fsp3) is 0.391. The molecule has 1 saturated heterocycles. The normalized spacial score (nSPS) is 15.1. The van der Waals surface area contributed by atoms with Gasteiger partial charge in [0.1, 0.15) is 11.5 Å². The number of carbonyl (C=O) groups excluding carboxylic acids is 2. The topological polar surface area (TPSA) is 58.6 Å². The number of amides is 2. The zero-order valence-electron chi connectivity index (χ0n) is 17.1. The zero-order chi connectivity index (χ0) is 21.0. The second-order valence-electron chi connectivity index (χ2n) is 8.36. The maximum atomic E-state index is 12.6. The average molecular weight is 415 g/mol. The summed E-state index contributed by atoms with van der Waals surface area (Å²) in [5, 5.41) is 3.51. The van der Waals surface area contributed by atoms with Gasteiger partial charge >= 0.3 is 0 Å². The third kappa shape index (κ3) is 5.51. The van der Waals surface area contributed by atoms with Crippen molar-refractivity contribution in [2.75, 3.05) is 18.4 Å². The molecule has 5 nitrogen and oxygen atoms in total. The van der Waals surface area contributed by atoms with Crippen molar-refractivity contribution < 1.29 is 14.3 Å². The van der Waals surface area contributed by atoms with E-state index in [1.807, 2.05) is 49.9 Å². The Morgan fingerprint density at radius 2 is 1.66 bits per heavy atom. The van der Waals surface area contributed by atoms with Crippen LogP contribution in [-0.4, -0.2) is 29.8 Å². The minimum absolute atomic E-state index is 0.00682. The van der Waals surface area contributed by atoms with Crippen molar-refractivity contribution in [2.24, 2.45) is 11.3 Å². The van der Waals surface area contributed by atoms with Crippen molar-refractivity contribution in [3.05, 3.63) is 53.6 Å². The molecule has 1 aliphatic heterocycles. The summed E-state index contributed by atoms with van der Waals surface area (Å²) in [5.41, 5.74) is 0.331. The van der Waals surface area contributed by atoms with Gasteiger partial charge in [-0.15, -0.1) is 0 Å². The van der Waals surface area contributed by atoms with Crippen LogP contribution in [0.3, 0.4) is 0 Å². The van der Waals surface area contributed by atoms with Crippen LogP contribution in [0.5, 0.6) is 11.5 Å². The molecule has 6 heteroatoms. The molecule has 2 aromatic rings. The first-order valence-electron chi connectivity index (χ1n) is 9.87. The molecular weight excluding hydrogens is 388 g/mol. The highest BCUT2D eigenvalue weighted by Gasteiger charge is 2.32. The van der Waals surface area contributed by atoms with E-state index < -0.39 is 0 Å². The molecule has 0 unspecified atom stereocenters. The van der Waals surface area contributed by atoms with Crippen LogP contribution >= 0.6 is 11.6 Å². The minimum Gasteiger partial charge on any atom is -0.456 e. The van der Waals surface area contributed by atoms with Crippen LogP contribution in [0.1, 0.15) is 33.6 Å². The molecule has 1 fully saturated rings. The van der Waals surface area contributed by atoms with E-state index in [1.165, 1.54) is 0 Å². The average Bonchev–Trinajstić information content (AvgIpc) is 2.70. The number of carbonyl (C=O) groups is 2. The Labute approximate surface area is 177 Å². The Morgan fingerprint density at radius 3 is 2.24 bits per heavy atom. The summed E-state index contributed by atoms with van der Waals surface area (Å²) in [5.74, 6) is 1.28. The largest absolute Gasteiger partial charge is 0.456 e. The van der Waals surface area contributed by atoms with E-state index in [0.29, 0.717) is 42.5 Å². The smallest absolute Gasteiger partial charge is 0.227 e. The third-order valence-corrected chi connectivity index (χ3v) is 5.29. The summed E-state index contributed by atoms with van der Waals surface area (Å²) >= 11 is 6.11. The van der Waals surface area contributed by atoms with Crippen molar-refractivity contribution in [2.45, 2.75) is 33.6 Å². The van der Waals surface area contributed by atoms with Gasteiger partial charge in [0, 0.05) is 30.1 Å². The van der Waals surface area contributed by atoms with E-state index in [1.54, 1.807) is 24.3 Å². The maximum Gasteiger partial charge on any atom is 0.227 e. The van der Waals surface area contributed by atoms with Gasteiger partial charge in [0.05, 0.1) is 5.02 Å². The lowest BCUT2D eigenvalue weighted by Crippen LogP contribution is -2.45. The first-order chi connectivity index (χ1) is 13.7.